The number of halogens is 1. The standard InChI is InChI=1S/C20H20FN3O/c1-13-11-24(12-14(2)25-13)20-18-6-4-3-5-17(18)19(22-23-20)15-7-9-16(21)10-8-15/h3-10,13-14H,11-12H2,1-2H3. The number of hydrogen-bond donors (Lipinski definition) is 0. The summed E-state index contributed by atoms with van der Waals surface area (Å²) in [6.07, 6.45) is 0.308. The molecule has 128 valence electrons. The van der Waals surface area contributed by atoms with Crippen molar-refractivity contribution >= 4 is 16.6 Å². The monoisotopic (exact) mass is 337 g/mol. The number of ether oxygens (including phenoxy) is 1. The quantitative estimate of drug-likeness (QED) is 0.707. The smallest absolute Gasteiger partial charge is 0.159 e. The van der Waals surface area contributed by atoms with Crippen LogP contribution in [0.1, 0.15) is 13.8 Å². The Kier molecular flexibility index (Phi) is 4.09. The van der Waals surface area contributed by atoms with Gasteiger partial charge in [0.15, 0.2) is 5.82 Å². The Morgan fingerprint density at radius 3 is 2.24 bits per heavy atom. The van der Waals surface area contributed by atoms with E-state index in [9.17, 15) is 4.39 Å². The molecule has 0 saturated carbocycles. The number of nitrogens with zero attached hydrogens (tertiary/aromatic N) is 3. The third-order valence-electron chi connectivity index (χ3n) is 4.50. The number of rotatable bonds is 2. The van der Waals surface area contributed by atoms with Crippen molar-refractivity contribution in [1.82, 2.24) is 10.2 Å². The highest BCUT2D eigenvalue weighted by Gasteiger charge is 2.25. The van der Waals surface area contributed by atoms with Gasteiger partial charge in [-0.3, -0.25) is 0 Å². The molecule has 1 saturated heterocycles. The van der Waals surface area contributed by atoms with Crippen LogP contribution in [-0.4, -0.2) is 35.5 Å². The molecule has 2 heterocycles. The Bertz CT molecular complexity index is 887. The molecule has 1 aliphatic rings. The molecule has 1 aromatic heterocycles. The molecule has 0 N–H and O–H groups in total. The summed E-state index contributed by atoms with van der Waals surface area (Å²) in [4.78, 5) is 2.24. The molecule has 25 heavy (non-hydrogen) atoms. The maximum atomic E-state index is 13.2. The molecule has 2 aromatic carbocycles. The lowest BCUT2D eigenvalue weighted by Gasteiger charge is -2.36. The van der Waals surface area contributed by atoms with E-state index in [1.165, 1.54) is 12.1 Å². The molecule has 1 fully saturated rings. The van der Waals surface area contributed by atoms with Gasteiger partial charge in [0.25, 0.3) is 0 Å². The lowest BCUT2D eigenvalue weighted by Crippen LogP contribution is -2.46. The molecule has 1 aliphatic heterocycles. The Hall–Kier alpha value is -2.53. The molecule has 0 radical (unpaired) electrons. The van der Waals surface area contributed by atoms with E-state index >= 15 is 0 Å². The average Bonchev–Trinajstić information content (AvgIpc) is 2.61. The highest BCUT2D eigenvalue weighted by atomic mass is 19.1. The summed E-state index contributed by atoms with van der Waals surface area (Å²) in [5, 5.41) is 11.1. The van der Waals surface area contributed by atoms with Gasteiger partial charge in [0.1, 0.15) is 11.5 Å². The normalized spacial score (nSPS) is 20.8. The summed E-state index contributed by atoms with van der Waals surface area (Å²) >= 11 is 0. The van der Waals surface area contributed by atoms with Crippen molar-refractivity contribution in [3.63, 3.8) is 0 Å². The van der Waals surface area contributed by atoms with Crippen LogP contribution in [0.5, 0.6) is 0 Å². The zero-order valence-corrected chi connectivity index (χ0v) is 14.3. The minimum Gasteiger partial charge on any atom is -0.372 e. The van der Waals surface area contributed by atoms with Gasteiger partial charge in [0.2, 0.25) is 0 Å². The fourth-order valence-electron chi connectivity index (χ4n) is 3.50. The van der Waals surface area contributed by atoms with E-state index in [2.05, 4.69) is 35.0 Å². The lowest BCUT2D eigenvalue weighted by atomic mass is 10.0. The number of morpholine rings is 1. The van der Waals surface area contributed by atoms with Crippen molar-refractivity contribution < 1.29 is 9.13 Å². The molecule has 4 rings (SSSR count). The topological polar surface area (TPSA) is 38.2 Å². The minimum absolute atomic E-state index is 0.154. The van der Waals surface area contributed by atoms with E-state index < -0.39 is 0 Å². The Morgan fingerprint density at radius 2 is 1.56 bits per heavy atom. The van der Waals surface area contributed by atoms with Crippen LogP contribution < -0.4 is 4.90 Å². The van der Waals surface area contributed by atoms with Crippen LogP contribution in [0.25, 0.3) is 22.0 Å². The predicted octanol–water partition coefficient (Wildman–Crippen LogP) is 4.05. The molecule has 5 heteroatoms. The first-order chi connectivity index (χ1) is 12.1. The van der Waals surface area contributed by atoms with Crippen LogP contribution in [0.15, 0.2) is 48.5 Å². The predicted molar refractivity (Wildman–Crippen MR) is 97.2 cm³/mol. The van der Waals surface area contributed by atoms with Gasteiger partial charge in [-0.05, 0) is 38.1 Å². The summed E-state index contributed by atoms with van der Waals surface area (Å²) < 4.78 is 19.1. The van der Waals surface area contributed by atoms with Crippen molar-refractivity contribution in [2.45, 2.75) is 26.1 Å². The van der Waals surface area contributed by atoms with Gasteiger partial charge < -0.3 is 9.64 Å². The van der Waals surface area contributed by atoms with Crippen LogP contribution in [0.3, 0.4) is 0 Å². The first kappa shape index (κ1) is 16.0. The van der Waals surface area contributed by atoms with Gasteiger partial charge in [-0.2, -0.15) is 0 Å². The maximum Gasteiger partial charge on any atom is 0.159 e. The lowest BCUT2D eigenvalue weighted by molar-refractivity contribution is -0.00540. The van der Waals surface area contributed by atoms with Crippen molar-refractivity contribution in [3.8, 4) is 11.3 Å². The largest absolute Gasteiger partial charge is 0.372 e. The first-order valence-corrected chi connectivity index (χ1v) is 8.53. The number of benzene rings is 2. The second-order valence-corrected chi connectivity index (χ2v) is 6.59. The highest BCUT2D eigenvalue weighted by Crippen LogP contribution is 2.32. The summed E-state index contributed by atoms with van der Waals surface area (Å²) in [5.41, 5.74) is 1.63. The van der Waals surface area contributed by atoms with Crippen LogP contribution >= 0.6 is 0 Å². The van der Waals surface area contributed by atoms with Crippen LogP contribution in [-0.2, 0) is 4.74 Å². The van der Waals surface area contributed by atoms with Crippen molar-refractivity contribution in [2.75, 3.05) is 18.0 Å². The summed E-state index contributed by atoms with van der Waals surface area (Å²) in [6, 6.07) is 14.5. The fourth-order valence-corrected chi connectivity index (χ4v) is 3.50. The van der Waals surface area contributed by atoms with E-state index in [4.69, 9.17) is 4.74 Å². The van der Waals surface area contributed by atoms with Gasteiger partial charge in [-0.25, -0.2) is 4.39 Å². The molecular weight excluding hydrogens is 317 g/mol. The molecule has 0 spiro atoms. The summed E-state index contributed by atoms with van der Waals surface area (Å²) in [7, 11) is 0. The number of hydrogen-bond acceptors (Lipinski definition) is 4. The van der Waals surface area contributed by atoms with Crippen LogP contribution in [0.4, 0.5) is 10.2 Å². The zero-order valence-electron chi connectivity index (χ0n) is 14.3. The average molecular weight is 337 g/mol. The van der Waals surface area contributed by atoms with Gasteiger partial charge in [0.05, 0.1) is 12.2 Å². The number of fused-ring (bicyclic) bond motifs is 1. The molecule has 0 aliphatic carbocycles. The van der Waals surface area contributed by atoms with E-state index in [1.54, 1.807) is 12.1 Å². The second kappa shape index (κ2) is 6.41. The van der Waals surface area contributed by atoms with E-state index in [0.29, 0.717) is 0 Å². The number of anilines is 1. The molecule has 3 aromatic rings. The maximum absolute atomic E-state index is 13.2. The third-order valence-corrected chi connectivity index (χ3v) is 4.50. The van der Waals surface area contributed by atoms with E-state index in [0.717, 1.165) is 40.9 Å². The van der Waals surface area contributed by atoms with E-state index in [1.807, 2.05) is 18.2 Å². The minimum atomic E-state index is -0.256. The Labute approximate surface area is 146 Å². The summed E-state index contributed by atoms with van der Waals surface area (Å²) in [5.74, 6) is 0.623. The van der Waals surface area contributed by atoms with E-state index in [-0.39, 0.29) is 18.0 Å². The molecule has 2 atom stereocenters. The molecule has 4 nitrogen and oxygen atoms in total. The van der Waals surface area contributed by atoms with Gasteiger partial charge >= 0.3 is 0 Å². The van der Waals surface area contributed by atoms with Gasteiger partial charge in [-0.1, -0.05) is 24.3 Å². The Morgan fingerprint density at radius 1 is 0.920 bits per heavy atom. The second-order valence-electron chi connectivity index (χ2n) is 6.59. The summed E-state index contributed by atoms with van der Waals surface area (Å²) in [6.45, 7) is 5.73. The van der Waals surface area contributed by atoms with Crippen LogP contribution in [0, 0.1) is 5.82 Å². The Balaban J connectivity index is 1.83. The number of aromatic nitrogens is 2. The fraction of sp³-hybridized carbons (Fsp3) is 0.300. The molecule has 0 amide bonds. The zero-order chi connectivity index (χ0) is 17.4. The van der Waals surface area contributed by atoms with Gasteiger partial charge in [0, 0.05) is 29.4 Å². The third kappa shape index (κ3) is 3.07. The SMILES string of the molecule is CC1CN(c2nnc(-c3ccc(F)cc3)c3ccccc23)CC(C)O1. The molecule has 2 unspecified atom stereocenters. The van der Waals surface area contributed by atoms with Crippen molar-refractivity contribution in [3.05, 3.63) is 54.3 Å². The molecular formula is C20H20FN3O. The molecule has 0 bridgehead atoms. The first-order valence-electron chi connectivity index (χ1n) is 8.53. The van der Waals surface area contributed by atoms with Crippen molar-refractivity contribution in [2.24, 2.45) is 0 Å². The van der Waals surface area contributed by atoms with Gasteiger partial charge in [-0.15, -0.1) is 10.2 Å². The van der Waals surface area contributed by atoms with Crippen LogP contribution in [0.2, 0.25) is 0 Å². The van der Waals surface area contributed by atoms with Crippen molar-refractivity contribution in [1.29, 1.82) is 0 Å². The highest BCUT2D eigenvalue weighted by molar-refractivity contribution is 6.00.